The van der Waals surface area contributed by atoms with Crippen LogP contribution in [0.5, 0.6) is 11.5 Å². The first-order chi connectivity index (χ1) is 12.3. The molecule has 0 aliphatic heterocycles. The first-order valence-electron chi connectivity index (χ1n) is 8.34. The van der Waals surface area contributed by atoms with Crippen molar-refractivity contribution in [3.05, 3.63) is 47.3 Å². The molecule has 1 unspecified atom stereocenters. The van der Waals surface area contributed by atoms with Crippen molar-refractivity contribution in [1.29, 1.82) is 0 Å². The Balaban J connectivity index is 2.03. The zero-order valence-corrected chi connectivity index (χ0v) is 15.8. The van der Waals surface area contributed by atoms with Gasteiger partial charge in [-0.15, -0.1) is 0 Å². The van der Waals surface area contributed by atoms with E-state index in [9.17, 15) is 12.8 Å². The lowest BCUT2D eigenvalue weighted by Gasteiger charge is -2.29. The second kappa shape index (κ2) is 7.15. The van der Waals surface area contributed by atoms with Gasteiger partial charge in [-0.3, -0.25) is 0 Å². The van der Waals surface area contributed by atoms with Gasteiger partial charge in [0.2, 0.25) is 0 Å². The van der Waals surface area contributed by atoms with Crippen LogP contribution in [0.15, 0.2) is 35.2 Å². The summed E-state index contributed by atoms with van der Waals surface area (Å²) >= 11 is 0. The number of methoxy groups -OCH3 is 2. The summed E-state index contributed by atoms with van der Waals surface area (Å²) in [4.78, 5) is 0.0894. The molecule has 1 aliphatic rings. The lowest BCUT2D eigenvalue weighted by molar-refractivity contribution is 0.353. The number of fused-ring (bicyclic) bond motifs is 1. The van der Waals surface area contributed by atoms with Gasteiger partial charge in [0.25, 0.3) is 0 Å². The van der Waals surface area contributed by atoms with E-state index >= 15 is 0 Å². The highest BCUT2D eigenvalue weighted by atomic mass is 32.2. The number of anilines is 1. The Morgan fingerprint density at radius 1 is 1.12 bits per heavy atom. The van der Waals surface area contributed by atoms with Crippen molar-refractivity contribution in [3.63, 3.8) is 0 Å². The number of hydrogen-bond acceptors (Lipinski definition) is 5. The zero-order valence-electron chi connectivity index (χ0n) is 15.0. The fraction of sp³-hybridized carbons (Fsp3) is 0.368. The molecule has 2 aromatic rings. The Kier molecular flexibility index (Phi) is 5.09. The van der Waals surface area contributed by atoms with E-state index in [1.54, 1.807) is 14.2 Å². The Morgan fingerprint density at radius 3 is 2.46 bits per heavy atom. The highest BCUT2D eigenvalue weighted by Crippen LogP contribution is 2.40. The number of nitrogens with one attached hydrogen (secondary N) is 1. The van der Waals surface area contributed by atoms with Gasteiger partial charge in [0, 0.05) is 6.26 Å². The van der Waals surface area contributed by atoms with Gasteiger partial charge >= 0.3 is 0 Å². The van der Waals surface area contributed by atoms with Gasteiger partial charge in [-0.1, -0.05) is 0 Å². The van der Waals surface area contributed by atoms with Gasteiger partial charge in [0.1, 0.15) is 5.82 Å². The summed E-state index contributed by atoms with van der Waals surface area (Å²) in [5, 5.41) is 3.23. The van der Waals surface area contributed by atoms with Gasteiger partial charge in [-0.25, -0.2) is 12.8 Å². The Bertz CT molecular complexity index is 927. The lowest BCUT2D eigenvalue weighted by Crippen LogP contribution is -2.19. The van der Waals surface area contributed by atoms with E-state index in [0.717, 1.165) is 42.7 Å². The summed E-state index contributed by atoms with van der Waals surface area (Å²) < 4.78 is 48.6. The van der Waals surface area contributed by atoms with Crippen molar-refractivity contribution in [1.82, 2.24) is 0 Å². The predicted molar refractivity (Wildman–Crippen MR) is 98.4 cm³/mol. The molecule has 5 nitrogen and oxygen atoms in total. The molecule has 0 spiro atoms. The van der Waals surface area contributed by atoms with Crippen LogP contribution >= 0.6 is 0 Å². The normalized spacial score (nSPS) is 16.7. The van der Waals surface area contributed by atoms with E-state index in [4.69, 9.17) is 9.47 Å². The van der Waals surface area contributed by atoms with Crippen LogP contribution in [0, 0.1) is 5.82 Å². The number of rotatable bonds is 5. The summed E-state index contributed by atoms with van der Waals surface area (Å²) in [5.74, 6) is 0.792. The first-order valence-corrected chi connectivity index (χ1v) is 10.2. The van der Waals surface area contributed by atoms with Crippen molar-refractivity contribution in [2.24, 2.45) is 0 Å². The van der Waals surface area contributed by atoms with Crippen LogP contribution in [-0.2, 0) is 16.3 Å². The quantitative estimate of drug-likeness (QED) is 0.802. The summed E-state index contributed by atoms with van der Waals surface area (Å²) in [5.41, 5.74) is 2.40. The largest absolute Gasteiger partial charge is 0.493 e. The summed E-state index contributed by atoms with van der Waals surface area (Å²) in [6.45, 7) is 0. The Labute approximate surface area is 153 Å². The molecule has 0 heterocycles. The monoisotopic (exact) mass is 379 g/mol. The fourth-order valence-electron chi connectivity index (χ4n) is 3.41. The van der Waals surface area contributed by atoms with Crippen LogP contribution in [-0.4, -0.2) is 28.9 Å². The number of aryl methyl sites for hydroxylation is 1. The number of benzene rings is 2. The van der Waals surface area contributed by atoms with E-state index in [1.807, 2.05) is 12.1 Å². The van der Waals surface area contributed by atoms with Crippen LogP contribution in [0.1, 0.15) is 30.0 Å². The topological polar surface area (TPSA) is 64.6 Å². The maximum atomic E-state index is 13.7. The van der Waals surface area contributed by atoms with Crippen molar-refractivity contribution >= 4 is 15.5 Å². The van der Waals surface area contributed by atoms with Gasteiger partial charge in [-0.05, 0) is 60.7 Å². The zero-order chi connectivity index (χ0) is 18.9. The number of halogens is 1. The molecule has 0 radical (unpaired) electrons. The summed E-state index contributed by atoms with van der Waals surface area (Å²) in [6, 6.07) is 7.40. The molecule has 1 N–H and O–H groups in total. The van der Waals surface area contributed by atoms with Gasteiger partial charge in [0.15, 0.2) is 21.3 Å². The van der Waals surface area contributed by atoms with Crippen LogP contribution in [0.4, 0.5) is 10.1 Å². The lowest BCUT2D eigenvalue weighted by atomic mass is 9.87. The molecule has 0 saturated carbocycles. The van der Waals surface area contributed by atoms with Crippen molar-refractivity contribution in [2.45, 2.75) is 30.2 Å². The highest BCUT2D eigenvalue weighted by Gasteiger charge is 2.25. The fourth-order valence-corrected chi connectivity index (χ4v) is 4.24. The van der Waals surface area contributed by atoms with Gasteiger partial charge < -0.3 is 14.8 Å². The molecule has 2 aromatic carbocycles. The van der Waals surface area contributed by atoms with E-state index in [2.05, 4.69) is 5.32 Å². The second-order valence-corrected chi connectivity index (χ2v) is 8.39. The third-order valence-electron chi connectivity index (χ3n) is 4.63. The minimum Gasteiger partial charge on any atom is -0.493 e. The molecule has 0 saturated heterocycles. The Morgan fingerprint density at radius 2 is 1.81 bits per heavy atom. The van der Waals surface area contributed by atoms with Crippen molar-refractivity contribution in [3.8, 4) is 11.5 Å². The molecular formula is C19H22FNO4S. The van der Waals surface area contributed by atoms with E-state index < -0.39 is 15.7 Å². The molecule has 26 heavy (non-hydrogen) atoms. The van der Waals surface area contributed by atoms with Crippen LogP contribution in [0.25, 0.3) is 0 Å². The van der Waals surface area contributed by atoms with Crippen molar-refractivity contribution < 1.29 is 22.3 Å². The van der Waals surface area contributed by atoms with Gasteiger partial charge in [0.05, 0.1) is 30.8 Å². The maximum absolute atomic E-state index is 13.7. The molecule has 0 aromatic heterocycles. The van der Waals surface area contributed by atoms with E-state index in [-0.39, 0.29) is 16.6 Å². The van der Waals surface area contributed by atoms with Crippen molar-refractivity contribution in [2.75, 3.05) is 25.8 Å². The Hall–Kier alpha value is -2.28. The van der Waals surface area contributed by atoms with Crippen LogP contribution in [0.3, 0.4) is 0 Å². The average Bonchev–Trinajstić information content (AvgIpc) is 2.59. The summed E-state index contributed by atoms with van der Waals surface area (Å²) in [6.07, 6.45) is 3.76. The SMILES string of the molecule is COc1cc2c(cc1OC)C(Nc1cc(F)ccc1S(C)(=O)=O)CCC2. The van der Waals surface area contributed by atoms with Crippen LogP contribution in [0.2, 0.25) is 0 Å². The van der Waals surface area contributed by atoms with E-state index in [1.165, 1.54) is 12.1 Å². The third kappa shape index (κ3) is 3.62. The minimum absolute atomic E-state index is 0.0894. The van der Waals surface area contributed by atoms with Gasteiger partial charge in [-0.2, -0.15) is 0 Å². The smallest absolute Gasteiger partial charge is 0.177 e. The maximum Gasteiger partial charge on any atom is 0.177 e. The number of hydrogen-bond donors (Lipinski definition) is 1. The molecule has 1 aliphatic carbocycles. The minimum atomic E-state index is -3.48. The molecule has 140 valence electrons. The van der Waals surface area contributed by atoms with Crippen LogP contribution < -0.4 is 14.8 Å². The highest BCUT2D eigenvalue weighted by molar-refractivity contribution is 7.90. The van der Waals surface area contributed by atoms with E-state index in [0.29, 0.717) is 11.5 Å². The first kappa shape index (κ1) is 18.5. The third-order valence-corrected chi connectivity index (χ3v) is 5.79. The summed E-state index contributed by atoms with van der Waals surface area (Å²) in [7, 11) is -0.311. The molecule has 7 heteroatoms. The average molecular weight is 379 g/mol. The molecule has 1 atom stereocenters. The molecular weight excluding hydrogens is 357 g/mol. The number of sulfone groups is 1. The molecule has 0 amide bonds. The molecule has 0 bridgehead atoms. The second-order valence-electron chi connectivity index (χ2n) is 6.41. The molecule has 3 rings (SSSR count). The standard InChI is InChI=1S/C19H22FNO4S/c1-24-17-9-12-5-4-6-15(14(12)11-18(17)25-2)21-16-10-13(20)7-8-19(16)26(3,22)23/h7-11,15,21H,4-6H2,1-3H3. The number of ether oxygens (including phenoxy) is 2. The predicted octanol–water partition coefficient (Wildman–Crippen LogP) is 3.74. The molecule has 0 fully saturated rings.